The van der Waals surface area contributed by atoms with Crippen molar-refractivity contribution in [2.45, 2.75) is 43.9 Å². The van der Waals surface area contributed by atoms with Crippen molar-refractivity contribution in [1.82, 2.24) is 4.57 Å². The van der Waals surface area contributed by atoms with Gasteiger partial charge < -0.3 is 14.0 Å². The van der Waals surface area contributed by atoms with E-state index in [0.717, 1.165) is 61.5 Å². The molecule has 2 aliphatic heterocycles. The van der Waals surface area contributed by atoms with Gasteiger partial charge in [0.15, 0.2) is 0 Å². The molecule has 0 saturated heterocycles. The van der Waals surface area contributed by atoms with Crippen LogP contribution in [0, 0.1) is 11.8 Å². The van der Waals surface area contributed by atoms with Gasteiger partial charge in [0, 0.05) is 51.6 Å². The van der Waals surface area contributed by atoms with Crippen LogP contribution in [-0.2, 0) is 10.2 Å². The Morgan fingerprint density at radius 1 is 0.615 bits per heavy atom. The predicted octanol–water partition coefficient (Wildman–Crippen LogP) is 12.6. The molecule has 252 valence electrons. The van der Waals surface area contributed by atoms with Gasteiger partial charge in [-0.15, -0.1) is 0 Å². The summed E-state index contributed by atoms with van der Waals surface area (Å²) in [6.45, 7) is 0. The van der Waals surface area contributed by atoms with Crippen molar-refractivity contribution in [2.75, 3.05) is 0 Å². The van der Waals surface area contributed by atoms with Gasteiger partial charge in [-0.25, -0.2) is 0 Å². The fourth-order valence-corrected chi connectivity index (χ4v) is 9.96. The molecule has 0 amide bonds. The summed E-state index contributed by atoms with van der Waals surface area (Å²) in [5.41, 5.74) is 10.5. The quantitative estimate of drug-likeness (QED) is 0.190. The van der Waals surface area contributed by atoms with Crippen molar-refractivity contribution in [1.29, 1.82) is 0 Å². The van der Waals surface area contributed by atoms with Gasteiger partial charge in [-0.1, -0.05) is 121 Å². The normalized spacial score (nSPS) is 24.0. The molecule has 52 heavy (non-hydrogen) atoms. The smallest absolute Gasteiger partial charge is 0.132 e. The molecule has 3 unspecified atom stereocenters. The lowest BCUT2D eigenvalue weighted by molar-refractivity contribution is 0.226. The van der Waals surface area contributed by atoms with Crippen molar-refractivity contribution >= 4 is 27.5 Å². The summed E-state index contributed by atoms with van der Waals surface area (Å²) in [4.78, 5) is 0. The Kier molecular flexibility index (Phi) is 6.67. The molecule has 5 aromatic rings. The molecule has 3 heteroatoms. The monoisotopic (exact) mass is 673 g/mol. The standard InChI is InChI=1S/C49H39NO2/c1-3-15-32(16-4-1)33-29-30-40-46(31-33)52-44-27-12-9-23-39(44)49(40)38-22-8-11-26-43(38)51-45-28-14-21-36(48(45)49)35-20-13-25-42-47(35)37-19-7-10-24-41(37)50(42)34-17-5-2-6-18-34/h1-5,7-11,13-15,17,19-26,28-30,32-33H,6,12,16,18,27,31H2. The number of rotatable bonds is 3. The van der Waals surface area contributed by atoms with E-state index >= 15 is 0 Å². The Balaban J connectivity index is 1.22. The van der Waals surface area contributed by atoms with Crippen molar-refractivity contribution in [3.05, 3.63) is 186 Å². The molecule has 4 aliphatic carbocycles. The van der Waals surface area contributed by atoms with Crippen molar-refractivity contribution in [2.24, 2.45) is 11.8 Å². The second-order valence-corrected chi connectivity index (χ2v) is 14.9. The predicted molar refractivity (Wildman–Crippen MR) is 212 cm³/mol. The highest BCUT2D eigenvalue weighted by Gasteiger charge is 2.54. The second kappa shape index (κ2) is 11.6. The number of benzene rings is 4. The molecule has 3 nitrogen and oxygen atoms in total. The minimum Gasteiger partial charge on any atom is -0.465 e. The number of hydrogen-bond acceptors (Lipinski definition) is 2. The number of ether oxygens (including phenoxy) is 2. The molecule has 0 fully saturated rings. The van der Waals surface area contributed by atoms with Crippen molar-refractivity contribution in [3.63, 3.8) is 0 Å². The lowest BCUT2D eigenvalue weighted by Crippen LogP contribution is -2.41. The van der Waals surface area contributed by atoms with E-state index in [4.69, 9.17) is 9.47 Å². The van der Waals surface area contributed by atoms with E-state index in [-0.39, 0.29) is 0 Å². The average Bonchev–Trinajstić information content (AvgIpc) is 3.56. The molecule has 0 saturated carbocycles. The van der Waals surface area contributed by atoms with Crippen molar-refractivity contribution in [3.8, 4) is 22.6 Å². The summed E-state index contributed by atoms with van der Waals surface area (Å²) in [6.07, 6.45) is 31.3. The van der Waals surface area contributed by atoms with Crippen LogP contribution in [0.25, 0.3) is 38.6 Å². The van der Waals surface area contributed by atoms with E-state index in [1.165, 1.54) is 60.9 Å². The van der Waals surface area contributed by atoms with Crippen LogP contribution < -0.4 is 4.74 Å². The maximum Gasteiger partial charge on any atom is 0.132 e. The van der Waals surface area contributed by atoms with Gasteiger partial charge in [-0.3, -0.25) is 0 Å². The third-order valence-corrected chi connectivity index (χ3v) is 12.2. The van der Waals surface area contributed by atoms with Gasteiger partial charge in [0.05, 0.1) is 16.4 Å². The summed E-state index contributed by atoms with van der Waals surface area (Å²) in [7, 11) is 0. The maximum atomic E-state index is 7.08. The summed E-state index contributed by atoms with van der Waals surface area (Å²) in [5.74, 6) is 4.87. The van der Waals surface area contributed by atoms with Gasteiger partial charge in [0.1, 0.15) is 23.0 Å². The van der Waals surface area contributed by atoms with Crippen LogP contribution in [0.2, 0.25) is 0 Å². The van der Waals surface area contributed by atoms with Gasteiger partial charge in [0.2, 0.25) is 0 Å². The largest absolute Gasteiger partial charge is 0.465 e. The van der Waals surface area contributed by atoms with E-state index in [0.29, 0.717) is 11.8 Å². The van der Waals surface area contributed by atoms with Crippen LogP contribution in [0.15, 0.2) is 174 Å². The zero-order valence-corrected chi connectivity index (χ0v) is 29.1. The number of aromatic nitrogens is 1. The highest BCUT2D eigenvalue weighted by atomic mass is 16.5. The summed E-state index contributed by atoms with van der Waals surface area (Å²) >= 11 is 0. The molecule has 3 atom stereocenters. The molecule has 6 aliphatic rings. The van der Waals surface area contributed by atoms with Gasteiger partial charge in [0.25, 0.3) is 0 Å². The summed E-state index contributed by atoms with van der Waals surface area (Å²) in [5, 5.41) is 2.55. The van der Waals surface area contributed by atoms with E-state index in [1.54, 1.807) is 0 Å². The van der Waals surface area contributed by atoms with E-state index in [9.17, 15) is 0 Å². The van der Waals surface area contributed by atoms with Crippen LogP contribution in [0.4, 0.5) is 0 Å². The fourth-order valence-electron chi connectivity index (χ4n) is 9.96. The Morgan fingerprint density at radius 3 is 2.37 bits per heavy atom. The third-order valence-electron chi connectivity index (χ3n) is 12.2. The van der Waals surface area contributed by atoms with Gasteiger partial charge >= 0.3 is 0 Å². The van der Waals surface area contributed by atoms with E-state index in [1.807, 2.05) is 0 Å². The van der Waals surface area contributed by atoms with Crippen molar-refractivity contribution < 1.29 is 9.47 Å². The Labute approximate surface area is 304 Å². The molecule has 4 aromatic carbocycles. The first-order valence-corrected chi connectivity index (χ1v) is 18.9. The van der Waals surface area contributed by atoms with Gasteiger partial charge in [-0.2, -0.15) is 0 Å². The lowest BCUT2D eigenvalue weighted by Gasteiger charge is -2.48. The zero-order valence-electron chi connectivity index (χ0n) is 29.1. The van der Waals surface area contributed by atoms with Crippen LogP contribution in [0.5, 0.6) is 11.5 Å². The minimum atomic E-state index is -0.610. The summed E-state index contributed by atoms with van der Waals surface area (Å²) in [6, 6.07) is 31.2. The second-order valence-electron chi connectivity index (χ2n) is 14.9. The maximum absolute atomic E-state index is 7.08. The number of allylic oxidation sites excluding steroid dienone is 16. The Morgan fingerprint density at radius 2 is 1.44 bits per heavy atom. The van der Waals surface area contributed by atoms with Crippen LogP contribution >= 0.6 is 0 Å². The molecule has 0 radical (unpaired) electrons. The number of nitrogens with zero attached hydrogens (tertiary/aromatic N) is 1. The molecular formula is C49H39NO2. The highest BCUT2D eigenvalue weighted by Crippen LogP contribution is 2.63. The van der Waals surface area contributed by atoms with Crippen LogP contribution in [-0.4, -0.2) is 4.57 Å². The molecule has 3 heterocycles. The first-order valence-electron chi connectivity index (χ1n) is 18.9. The zero-order chi connectivity index (χ0) is 34.2. The minimum absolute atomic E-state index is 0.381. The molecule has 0 bridgehead atoms. The number of para-hydroxylation sites is 2. The topological polar surface area (TPSA) is 23.4 Å². The first kappa shape index (κ1) is 29.9. The highest BCUT2D eigenvalue weighted by molar-refractivity contribution is 6.17. The first-order chi connectivity index (χ1) is 25.8. The molecular weight excluding hydrogens is 635 g/mol. The Bertz CT molecular complexity index is 2600. The Hall–Kier alpha value is -5.80. The average molecular weight is 674 g/mol. The number of fused-ring (bicyclic) bond motifs is 9. The molecule has 0 N–H and O–H groups in total. The van der Waals surface area contributed by atoms with Crippen LogP contribution in [0.3, 0.4) is 0 Å². The number of hydrogen-bond donors (Lipinski definition) is 0. The van der Waals surface area contributed by atoms with E-state index in [2.05, 4.69) is 156 Å². The van der Waals surface area contributed by atoms with Crippen LogP contribution in [0.1, 0.15) is 49.7 Å². The third kappa shape index (κ3) is 4.20. The molecule has 11 rings (SSSR count). The van der Waals surface area contributed by atoms with Gasteiger partial charge in [-0.05, 0) is 79.0 Å². The molecule has 1 spiro atoms. The molecule has 1 aromatic heterocycles. The summed E-state index contributed by atoms with van der Waals surface area (Å²) < 4.78 is 16.5. The SMILES string of the molecule is C1=CCCC(n2c3ccccc3c3c(-c4cccc5c4C4(C6=C(CCC=C6)OC6=C4C=CC(C4C=CC=CC4)C6)c4ccccc4O5)cccc32)=C1. The lowest BCUT2D eigenvalue weighted by atomic mass is 9.58. The van der Waals surface area contributed by atoms with E-state index < -0.39 is 5.41 Å². The fraction of sp³-hybridized carbons (Fsp3) is 0.184.